The Balaban J connectivity index is 1.58. The summed E-state index contributed by atoms with van der Waals surface area (Å²) in [6, 6.07) is 11.5. The van der Waals surface area contributed by atoms with E-state index in [9.17, 15) is 9.59 Å². The van der Waals surface area contributed by atoms with E-state index in [0.717, 1.165) is 5.56 Å². The number of nitrogens with one attached hydrogen (secondary N) is 2. The third kappa shape index (κ3) is 6.00. The summed E-state index contributed by atoms with van der Waals surface area (Å²) in [4.78, 5) is 24.7. The molecule has 0 aliphatic heterocycles. The molecule has 0 spiro atoms. The summed E-state index contributed by atoms with van der Waals surface area (Å²) < 4.78 is 1.76. The van der Waals surface area contributed by atoms with Crippen LogP contribution in [0.15, 0.2) is 47.6 Å². The second-order valence-corrected chi connectivity index (χ2v) is 8.71. The van der Waals surface area contributed by atoms with Gasteiger partial charge in [-0.3, -0.25) is 9.59 Å². The Morgan fingerprint density at radius 2 is 1.77 bits per heavy atom. The summed E-state index contributed by atoms with van der Waals surface area (Å²) in [5, 5.41) is 15.8. The van der Waals surface area contributed by atoms with Crippen LogP contribution in [-0.4, -0.2) is 32.3 Å². The molecular formula is C21H21Cl2N5O2S. The van der Waals surface area contributed by atoms with Gasteiger partial charge in [-0.05, 0) is 61.9 Å². The molecule has 0 unspecified atom stereocenters. The van der Waals surface area contributed by atoms with Crippen molar-refractivity contribution in [2.75, 3.05) is 11.1 Å². The summed E-state index contributed by atoms with van der Waals surface area (Å²) in [6.07, 6.45) is 0. The molecule has 2 aromatic carbocycles. The van der Waals surface area contributed by atoms with Gasteiger partial charge in [-0.1, -0.05) is 35.0 Å². The number of aromatic nitrogens is 3. The molecule has 0 bridgehead atoms. The largest absolute Gasteiger partial charge is 0.342 e. The number of thioether (sulfide) groups is 1. The topological polar surface area (TPSA) is 88.9 Å². The van der Waals surface area contributed by atoms with Crippen molar-refractivity contribution in [3.05, 3.63) is 69.5 Å². The number of carbonyl (C=O) groups is 2. The molecular weight excluding hydrogens is 457 g/mol. The summed E-state index contributed by atoms with van der Waals surface area (Å²) in [6.45, 7) is 3.70. The number of hydrogen-bond acceptors (Lipinski definition) is 5. The highest BCUT2D eigenvalue weighted by atomic mass is 35.5. The third-order valence-electron chi connectivity index (χ3n) is 4.50. The van der Waals surface area contributed by atoms with E-state index in [1.54, 1.807) is 54.1 Å². The van der Waals surface area contributed by atoms with Gasteiger partial charge in [0.1, 0.15) is 0 Å². The van der Waals surface area contributed by atoms with Gasteiger partial charge in [0.2, 0.25) is 5.91 Å². The molecule has 1 heterocycles. The Hall–Kier alpha value is -2.55. The van der Waals surface area contributed by atoms with Gasteiger partial charge in [-0.2, -0.15) is 0 Å². The highest BCUT2D eigenvalue weighted by molar-refractivity contribution is 7.99. The number of benzene rings is 2. The van der Waals surface area contributed by atoms with Gasteiger partial charge in [-0.25, -0.2) is 0 Å². The van der Waals surface area contributed by atoms with E-state index >= 15 is 0 Å². The second kappa shape index (κ2) is 10.2. The molecule has 3 rings (SSSR count). The minimum Gasteiger partial charge on any atom is -0.342 e. The van der Waals surface area contributed by atoms with Crippen molar-refractivity contribution in [1.82, 2.24) is 20.1 Å². The third-order valence-corrected chi connectivity index (χ3v) is 6.01. The number of nitrogens with zero attached hydrogens (tertiary/aromatic N) is 3. The molecule has 0 radical (unpaired) electrons. The van der Waals surface area contributed by atoms with E-state index < -0.39 is 0 Å². The molecule has 0 fully saturated rings. The zero-order valence-corrected chi connectivity index (χ0v) is 19.5. The van der Waals surface area contributed by atoms with E-state index in [1.165, 1.54) is 11.8 Å². The lowest BCUT2D eigenvalue weighted by molar-refractivity contribution is -0.113. The van der Waals surface area contributed by atoms with Crippen LogP contribution in [0.4, 0.5) is 5.69 Å². The van der Waals surface area contributed by atoms with Gasteiger partial charge in [0.05, 0.1) is 11.8 Å². The first kappa shape index (κ1) is 23.1. The fraction of sp³-hybridized carbons (Fsp3) is 0.238. The van der Waals surface area contributed by atoms with Crippen LogP contribution in [0, 0.1) is 6.92 Å². The molecule has 2 amide bonds. The maximum atomic E-state index is 12.4. The smallest absolute Gasteiger partial charge is 0.251 e. The Labute approximate surface area is 194 Å². The molecule has 0 saturated heterocycles. The lowest BCUT2D eigenvalue weighted by atomic mass is 10.2. The summed E-state index contributed by atoms with van der Waals surface area (Å²) >= 11 is 13.1. The highest BCUT2D eigenvalue weighted by Crippen LogP contribution is 2.22. The Kier molecular flexibility index (Phi) is 7.59. The van der Waals surface area contributed by atoms with Crippen LogP contribution in [0.1, 0.15) is 34.7 Å². The van der Waals surface area contributed by atoms with Crippen LogP contribution in [0.2, 0.25) is 10.0 Å². The van der Waals surface area contributed by atoms with E-state index in [0.29, 0.717) is 32.3 Å². The van der Waals surface area contributed by atoms with Gasteiger partial charge in [0.15, 0.2) is 11.0 Å². The Morgan fingerprint density at radius 3 is 2.45 bits per heavy atom. The van der Waals surface area contributed by atoms with Crippen molar-refractivity contribution in [3.8, 4) is 0 Å². The summed E-state index contributed by atoms with van der Waals surface area (Å²) in [7, 11) is 1.80. The monoisotopic (exact) mass is 477 g/mol. The van der Waals surface area contributed by atoms with Crippen molar-refractivity contribution < 1.29 is 9.59 Å². The quantitative estimate of drug-likeness (QED) is 0.483. The van der Waals surface area contributed by atoms with E-state index in [-0.39, 0.29) is 23.6 Å². The van der Waals surface area contributed by atoms with E-state index in [4.69, 9.17) is 23.2 Å². The van der Waals surface area contributed by atoms with Crippen molar-refractivity contribution in [2.24, 2.45) is 7.05 Å². The van der Waals surface area contributed by atoms with Gasteiger partial charge >= 0.3 is 0 Å². The van der Waals surface area contributed by atoms with E-state index in [2.05, 4.69) is 20.8 Å². The number of carbonyl (C=O) groups excluding carboxylic acids is 2. The van der Waals surface area contributed by atoms with Crippen molar-refractivity contribution in [2.45, 2.75) is 25.0 Å². The normalized spacial score (nSPS) is 11.8. The standard InChI is InChI=1S/C21H21Cl2N5O2S/c1-12-10-16(23)8-9-17(12)25-18(29)11-31-21-27-26-19(28(21)3)13(2)24-20(30)14-4-6-15(22)7-5-14/h4-10,13H,11H2,1-3H3,(H,24,30)(H,25,29)/t13-/m0/s1. The average Bonchev–Trinajstić information content (AvgIpc) is 3.09. The Morgan fingerprint density at radius 1 is 1.10 bits per heavy atom. The number of halogens is 2. The van der Waals surface area contributed by atoms with Crippen molar-refractivity contribution >= 4 is 52.5 Å². The maximum Gasteiger partial charge on any atom is 0.251 e. The fourth-order valence-electron chi connectivity index (χ4n) is 2.86. The van der Waals surface area contributed by atoms with Crippen LogP contribution in [0.5, 0.6) is 0 Å². The van der Waals surface area contributed by atoms with Gasteiger partial charge in [0, 0.05) is 28.3 Å². The SMILES string of the molecule is Cc1cc(Cl)ccc1NC(=O)CSc1nnc([C@H](C)NC(=O)c2ccc(Cl)cc2)n1C. The van der Waals surface area contributed by atoms with Crippen LogP contribution in [0.25, 0.3) is 0 Å². The minimum absolute atomic E-state index is 0.163. The second-order valence-electron chi connectivity index (χ2n) is 6.90. The molecule has 3 aromatic rings. The van der Waals surface area contributed by atoms with Crippen molar-refractivity contribution in [3.63, 3.8) is 0 Å². The van der Waals surface area contributed by atoms with Crippen molar-refractivity contribution in [1.29, 1.82) is 0 Å². The average molecular weight is 478 g/mol. The first-order valence-corrected chi connectivity index (χ1v) is 11.1. The lowest BCUT2D eigenvalue weighted by Crippen LogP contribution is -2.28. The Bertz CT molecular complexity index is 1100. The summed E-state index contributed by atoms with van der Waals surface area (Å²) in [5.74, 6) is 0.349. The lowest BCUT2D eigenvalue weighted by Gasteiger charge is -2.13. The number of aryl methyl sites for hydroxylation is 1. The molecule has 7 nitrogen and oxygen atoms in total. The van der Waals surface area contributed by atoms with E-state index in [1.807, 2.05) is 13.8 Å². The molecule has 2 N–H and O–H groups in total. The maximum absolute atomic E-state index is 12.4. The zero-order valence-electron chi connectivity index (χ0n) is 17.1. The molecule has 0 aliphatic rings. The van der Waals surface area contributed by atoms with Gasteiger partial charge in [-0.15, -0.1) is 10.2 Å². The zero-order chi connectivity index (χ0) is 22.5. The fourth-order valence-corrected chi connectivity index (χ4v) is 3.93. The first-order chi connectivity index (χ1) is 14.7. The number of hydrogen-bond donors (Lipinski definition) is 2. The van der Waals surface area contributed by atoms with Crippen LogP contribution >= 0.6 is 35.0 Å². The first-order valence-electron chi connectivity index (χ1n) is 9.39. The molecule has 10 heteroatoms. The molecule has 1 aromatic heterocycles. The molecule has 1 atom stereocenters. The molecule has 162 valence electrons. The van der Waals surface area contributed by atoms with Crippen LogP contribution in [-0.2, 0) is 11.8 Å². The highest BCUT2D eigenvalue weighted by Gasteiger charge is 2.19. The minimum atomic E-state index is -0.374. The number of amides is 2. The molecule has 0 aliphatic carbocycles. The number of anilines is 1. The molecule has 0 saturated carbocycles. The van der Waals surface area contributed by atoms with Gasteiger partial charge in [0.25, 0.3) is 5.91 Å². The van der Waals surface area contributed by atoms with Crippen LogP contribution in [0.3, 0.4) is 0 Å². The predicted molar refractivity (Wildman–Crippen MR) is 124 cm³/mol. The predicted octanol–water partition coefficient (Wildman–Crippen LogP) is 4.65. The number of rotatable bonds is 7. The van der Waals surface area contributed by atoms with Crippen LogP contribution < -0.4 is 10.6 Å². The van der Waals surface area contributed by atoms with Gasteiger partial charge < -0.3 is 15.2 Å². The summed E-state index contributed by atoms with van der Waals surface area (Å²) in [5.41, 5.74) is 2.10. The molecule has 31 heavy (non-hydrogen) atoms.